The monoisotopic (exact) mass is 872 g/mol. The van der Waals surface area contributed by atoms with Crippen LogP contribution in [0.15, 0.2) is 107 Å². The summed E-state index contributed by atoms with van der Waals surface area (Å²) in [5.74, 6) is 0. The SMILES string of the molecule is Cc1cc(C(C)(C)C)cc(C)c1N1c2cc(-c3csc4ccccc34)ccc2B2c3oc4ccc(C(C)(C)C)cc4c3N(c3c(C)cc(C(C)(C)C)cc3C)c3cc(C(C)(C)C)cc1c32. The van der Waals surface area contributed by atoms with Crippen molar-refractivity contribution in [3.63, 3.8) is 0 Å². The van der Waals surface area contributed by atoms with Crippen molar-refractivity contribution in [1.82, 2.24) is 0 Å². The van der Waals surface area contributed by atoms with E-state index in [1.54, 1.807) is 0 Å². The quantitative estimate of drug-likeness (QED) is 0.165. The number of benzene rings is 6. The molecule has 0 bridgehead atoms. The van der Waals surface area contributed by atoms with Crippen LogP contribution in [0, 0.1) is 27.7 Å². The highest BCUT2D eigenvalue weighted by atomic mass is 32.1. The Hall–Kier alpha value is -5.52. The molecule has 8 aromatic rings. The molecule has 10 rings (SSSR count). The lowest BCUT2D eigenvalue weighted by molar-refractivity contribution is 0.589. The maximum Gasteiger partial charge on any atom is 0.297 e. The summed E-state index contributed by atoms with van der Waals surface area (Å²) in [5.41, 5.74) is 24.5. The molecule has 2 aliphatic rings. The van der Waals surface area contributed by atoms with E-state index in [4.69, 9.17) is 4.42 Å². The summed E-state index contributed by atoms with van der Waals surface area (Å²) in [6, 6.07) is 37.8. The summed E-state index contributed by atoms with van der Waals surface area (Å²) in [5, 5.41) is 4.80. The minimum Gasteiger partial charge on any atom is -0.468 e. The topological polar surface area (TPSA) is 19.6 Å². The van der Waals surface area contributed by atoms with Crippen LogP contribution in [0.3, 0.4) is 0 Å². The van der Waals surface area contributed by atoms with Gasteiger partial charge in [-0.1, -0.05) is 144 Å². The first-order chi connectivity index (χ1) is 30.4. The number of nitrogens with zero attached hydrogens (tertiary/aromatic N) is 2. The van der Waals surface area contributed by atoms with E-state index in [-0.39, 0.29) is 28.4 Å². The Balaban J connectivity index is 1.37. The van der Waals surface area contributed by atoms with Crippen LogP contribution in [0.1, 0.15) is 128 Å². The second kappa shape index (κ2) is 14.5. The molecule has 0 radical (unpaired) electrons. The van der Waals surface area contributed by atoms with E-state index in [0.717, 1.165) is 22.3 Å². The van der Waals surface area contributed by atoms with Gasteiger partial charge in [0.25, 0.3) is 6.71 Å². The van der Waals surface area contributed by atoms with Gasteiger partial charge in [0, 0.05) is 38.1 Å². The molecule has 0 saturated carbocycles. The van der Waals surface area contributed by atoms with Crippen molar-refractivity contribution in [3.8, 4) is 11.1 Å². The molecule has 0 atom stereocenters. The van der Waals surface area contributed by atoms with E-state index in [0.29, 0.717) is 0 Å². The van der Waals surface area contributed by atoms with Gasteiger partial charge in [-0.05, 0) is 152 Å². The van der Waals surface area contributed by atoms with Crippen LogP contribution in [0.2, 0.25) is 0 Å². The predicted octanol–water partition coefficient (Wildman–Crippen LogP) is 15.8. The van der Waals surface area contributed by atoms with E-state index < -0.39 is 0 Å². The zero-order chi connectivity index (χ0) is 46.4. The summed E-state index contributed by atoms with van der Waals surface area (Å²) < 4.78 is 8.72. The maximum absolute atomic E-state index is 7.41. The fourth-order valence-corrected chi connectivity index (χ4v) is 11.7. The van der Waals surface area contributed by atoms with Crippen LogP contribution in [-0.2, 0) is 21.7 Å². The number of furan rings is 1. The number of fused-ring (bicyclic) bond motifs is 7. The summed E-state index contributed by atoms with van der Waals surface area (Å²) in [4.78, 5) is 5.26. The summed E-state index contributed by atoms with van der Waals surface area (Å²) in [6.07, 6.45) is 0. The minimum absolute atomic E-state index is 0.0120. The molecule has 3 nitrogen and oxygen atoms in total. The highest BCUT2D eigenvalue weighted by molar-refractivity contribution is 7.17. The smallest absolute Gasteiger partial charge is 0.297 e. The molecule has 2 aliphatic heterocycles. The number of rotatable bonds is 3. The Morgan fingerprint density at radius 2 is 1.00 bits per heavy atom. The van der Waals surface area contributed by atoms with Gasteiger partial charge in [-0.25, -0.2) is 0 Å². The van der Waals surface area contributed by atoms with Gasteiger partial charge >= 0.3 is 0 Å². The number of hydrogen-bond donors (Lipinski definition) is 0. The molecule has 0 saturated heterocycles. The lowest BCUT2D eigenvalue weighted by Crippen LogP contribution is -2.61. The van der Waals surface area contributed by atoms with Gasteiger partial charge in [0.1, 0.15) is 5.58 Å². The summed E-state index contributed by atoms with van der Waals surface area (Å²) in [7, 11) is 0. The average molecular weight is 873 g/mol. The summed E-state index contributed by atoms with van der Waals surface area (Å²) >= 11 is 1.83. The van der Waals surface area contributed by atoms with Gasteiger partial charge in [0.05, 0.1) is 22.7 Å². The van der Waals surface area contributed by atoms with Crippen LogP contribution >= 0.6 is 11.3 Å². The molecule has 0 fully saturated rings. The van der Waals surface area contributed by atoms with Crippen LogP contribution in [-0.4, -0.2) is 6.71 Å². The van der Waals surface area contributed by atoms with Gasteiger partial charge in [0.2, 0.25) is 0 Å². The van der Waals surface area contributed by atoms with E-state index in [9.17, 15) is 0 Å². The molecule has 0 spiro atoms. The normalized spacial score (nSPS) is 14.1. The van der Waals surface area contributed by atoms with E-state index in [1.807, 2.05) is 11.3 Å². The Kier molecular flexibility index (Phi) is 9.67. The number of aryl methyl sites for hydroxylation is 4. The molecule has 0 aliphatic carbocycles. The standard InChI is InChI=1S/C60H65BN2OS/c1-34-25-40(58(8,9)10)26-35(2)53(34)62-47-29-38(45-33-65-51-20-18-17-19-43(45)51)21-23-46(47)61-52-48(62)31-42(60(14,15)16)32-49(52)63(54-36(3)27-41(28-37(54)4)59(11,12)13)55-44-30-39(57(5,6)7)22-24-50(44)64-56(55)61/h17-33H,1-16H3. The highest BCUT2D eigenvalue weighted by Gasteiger charge is 2.48. The Morgan fingerprint density at radius 1 is 0.477 bits per heavy atom. The zero-order valence-corrected chi connectivity index (χ0v) is 42.4. The third-order valence-electron chi connectivity index (χ3n) is 14.3. The molecule has 2 aromatic heterocycles. The fourth-order valence-electron chi connectivity index (χ4n) is 10.7. The van der Waals surface area contributed by atoms with Crippen LogP contribution in [0.4, 0.5) is 34.1 Å². The molecular formula is C60H65BN2OS. The van der Waals surface area contributed by atoms with E-state index >= 15 is 0 Å². The van der Waals surface area contributed by atoms with Crippen LogP contribution in [0.25, 0.3) is 32.2 Å². The zero-order valence-electron chi connectivity index (χ0n) is 41.6. The van der Waals surface area contributed by atoms with Crippen LogP contribution < -0.4 is 26.4 Å². The second-order valence-electron chi connectivity index (χ2n) is 23.4. The van der Waals surface area contributed by atoms with Crippen molar-refractivity contribution in [3.05, 3.63) is 147 Å². The molecule has 4 heterocycles. The first-order valence-electron chi connectivity index (χ1n) is 23.6. The van der Waals surface area contributed by atoms with Crippen molar-refractivity contribution >= 4 is 89.8 Å². The first-order valence-corrected chi connectivity index (χ1v) is 24.5. The Labute approximate surface area is 392 Å². The Bertz CT molecular complexity index is 3210. The van der Waals surface area contributed by atoms with Gasteiger partial charge < -0.3 is 14.2 Å². The maximum atomic E-state index is 7.41. The van der Waals surface area contributed by atoms with Crippen molar-refractivity contribution < 1.29 is 4.42 Å². The van der Waals surface area contributed by atoms with E-state index in [1.165, 1.54) is 105 Å². The fraction of sp³-hybridized carbons (Fsp3) is 0.333. The molecule has 6 aromatic carbocycles. The highest BCUT2D eigenvalue weighted by Crippen LogP contribution is 2.52. The lowest BCUT2D eigenvalue weighted by atomic mass is 9.35. The van der Waals surface area contributed by atoms with Crippen molar-refractivity contribution in [2.75, 3.05) is 9.80 Å². The number of hydrogen-bond acceptors (Lipinski definition) is 4. The molecule has 5 heteroatoms. The van der Waals surface area contributed by atoms with Crippen molar-refractivity contribution in [2.24, 2.45) is 0 Å². The van der Waals surface area contributed by atoms with Gasteiger partial charge in [-0.15, -0.1) is 11.3 Å². The molecule has 330 valence electrons. The molecule has 0 unspecified atom stereocenters. The third kappa shape index (κ3) is 6.90. The van der Waals surface area contributed by atoms with Crippen molar-refractivity contribution in [1.29, 1.82) is 0 Å². The van der Waals surface area contributed by atoms with E-state index in [2.05, 4.69) is 223 Å². The second-order valence-corrected chi connectivity index (χ2v) is 24.3. The minimum atomic E-state index is -0.144. The molecular weight excluding hydrogens is 808 g/mol. The molecule has 0 amide bonds. The largest absolute Gasteiger partial charge is 0.468 e. The van der Waals surface area contributed by atoms with Gasteiger partial charge in [-0.3, -0.25) is 0 Å². The average Bonchev–Trinajstić information content (AvgIpc) is 3.82. The molecule has 65 heavy (non-hydrogen) atoms. The third-order valence-corrected chi connectivity index (χ3v) is 15.3. The number of thiophene rings is 1. The Morgan fingerprint density at radius 3 is 1.57 bits per heavy atom. The lowest BCUT2D eigenvalue weighted by Gasteiger charge is -2.45. The summed E-state index contributed by atoms with van der Waals surface area (Å²) in [6.45, 7) is 37.1. The molecule has 0 N–H and O–H groups in total. The van der Waals surface area contributed by atoms with Crippen LogP contribution in [0.5, 0.6) is 0 Å². The number of anilines is 6. The van der Waals surface area contributed by atoms with Gasteiger partial charge in [-0.2, -0.15) is 0 Å². The predicted molar refractivity (Wildman–Crippen MR) is 285 cm³/mol. The van der Waals surface area contributed by atoms with Crippen molar-refractivity contribution in [2.45, 2.75) is 132 Å². The van der Waals surface area contributed by atoms with Gasteiger partial charge in [0.15, 0.2) is 0 Å². The first kappa shape index (κ1) is 43.4.